The smallest absolute Gasteiger partial charge is 0.251 e. The van der Waals surface area contributed by atoms with Crippen LogP contribution in [-0.2, 0) is 0 Å². The van der Waals surface area contributed by atoms with Gasteiger partial charge in [-0.2, -0.15) is 0 Å². The summed E-state index contributed by atoms with van der Waals surface area (Å²) >= 11 is 0. The van der Waals surface area contributed by atoms with Crippen molar-refractivity contribution >= 4 is 23.6 Å². The highest BCUT2D eigenvalue weighted by Crippen LogP contribution is 2.57. The van der Waals surface area contributed by atoms with Crippen LogP contribution in [0.5, 0.6) is 23.0 Å². The second-order valence-electron chi connectivity index (χ2n) is 45.5. The number of nitrogens with one attached hydrogen (secondary N) is 4. The number of fused-ring (bicyclic) bond motifs is 8. The summed E-state index contributed by atoms with van der Waals surface area (Å²) in [6.07, 6.45) is 51.9. The molecule has 32 rings (SSSR count). The molecule has 0 radical (unpaired) electrons. The number of amides is 4. The molecule has 146 heavy (non-hydrogen) atoms. The van der Waals surface area contributed by atoms with Crippen LogP contribution in [0, 0.1) is 0 Å². The number of piperidine rings is 16. The van der Waals surface area contributed by atoms with E-state index in [0.717, 1.165) is 122 Å². The minimum absolute atomic E-state index is 0.0357. The molecule has 20 heteroatoms. The van der Waals surface area contributed by atoms with E-state index in [1.807, 2.05) is 84.9 Å². The maximum Gasteiger partial charge on any atom is 0.251 e. The Hall–Kier alpha value is -10.5. The molecule has 16 bridgehead atoms. The minimum atomic E-state index is 0.0357. The van der Waals surface area contributed by atoms with Crippen molar-refractivity contribution in [2.24, 2.45) is 0 Å². The van der Waals surface area contributed by atoms with E-state index >= 15 is 0 Å². The van der Waals surface area contributed by atoms with Gasteiger partial charge in [-0.1, -0.05) is 198 Å². The van der Waals surface area contributed by atoms with Crippen LogP contribution in [0.4, 0.5) is 0 Å². The van der Waals surface area contributed by atoms with E-state index in [0.29, 0.717) is 132 Å². The number of carbonyl (C=O) groups excluding carboxylic acids is 4. The number of carbonyl (C=O) groups is 4. The summed E-state index contributed by atoms with van der Waals surface area (Å²) in [5.74, 6) is 2.61. The highest BCUT2D eigenvalue weighted by atomic mass is 16.5. The maximum absolute atomic E-state index is 13.1. The first-order valence-electron chi connectivity index (χ1n) is 56.7. The molecule has 20 aliphatic heterocycles. The molecule has 8 aromatic rings. The second kappa shape index (κ2) is 46.3. The minimum Gasteiger partial charge on any atom is -0.508 e. The summed E-state index contributed by atoms with van der Waals surface area (Å²) in [5.41, 5.74) is 12.7. The zero-order valence-corrected chi connectivity index (χ0v) is 86.7. The molecule has 0 spiro atoms. The van der Waals surface area contributed by atoms with Crippen LogP contribution in [0.3, 0.4) is 0 Å². The molecule has 4 aliphatic carbocycles. The standard InChI is InChI=1S/C33H43N3O2.C32H41N3O2.C31H39N3O2.C30H37N3O2/c1-3-21-35-28-17-19-30-29(35)18-20-31(28)36(30)32(25-9-8-12-27(22-25)38-2)23-13-15-24(16-14-23)33(37)34-26-10-6-4-5-7-11-26;1-3-20-34-27-16-18-29-28(34)17-19-30(27)35(29)31(24-8-7-11-26(21-24)37-2)22-12-14-23(15-13-22)32(36)33-25-9-5-4-6-10-25;1-2-19-33-26-15-17-28-27(33)16-18-29(26)34(28)30(23-7-6-10-25(35)20-23)21-11-13-22(14-12-21)31(36)32-24-8-4-3-5-9-24;1-2-18-32-25-14-16-27-26(32)15-17-28(25)33(27)29(22-6-5-9-24(34)19-22)20-10-12-21(13-11-20)30(35)31-23-7-3-4-8-23/h3,8-9,12-16,22,26,28-32H,1,4-7,10-11,17-21H2,2H3,(H,34,37);3,7-8,11-15,21,25,27-31H,1,4-6,9-10,16-20H2,2H3,(H,33,36);2,6-7,10-14,20,24,26-30,35H,1,3-5,8-9,15-19H2,(H,32,36);2,5-6,9-13,19,23,25-29,34H,1,3-4,7-8,14-18H2,(H,31,35). The molecule has 20 atom stereocenters. The average molecular weight is 1970 g/mol. The molecule has 24 aliphatic rings. The number of hydrogen-bond acceptors (Lipinski definition) is 16. The summed E-state index contributed by atoms with van der Waals surface area (Å²) in [7, 11) is 3.49. The van der Waals surface area contributed by atoms with Crippen molar-refractivity contribution in [3.63, 3.8) is 0 Å². The third-order valence-electron chi connectivity index (χ3n) is 37.5. The first-order valence-corrected chi connectivity index (χ1v) is 56.7. The summed E-state index contributed by atoms with van der Waals surface area (Å²) in [6, 6.07) is 76.6. The summed E-state index contributed by atoms with van der Waals surface area (Å²) < 4.78 is 11.3. The van der Waals surface area contributed by atoms with E-state index < -0.39 is 0 Å². The van der Waals surface area contributed by atoms with Gasteiger partial charge in [0, 0.05) is 169 Å². The number of nitrogens with zero attached hydrogens (tertiary/aromatic N) is 8. The molecule has 4 saturated carbocycles. The van der Waals surface area contributed by atoms with Crippen molar-refractivity contribution in [2.45, 2.75) is 376 Å². The highest BCUT2D eigenvalue weighted by Gasteiger charge is 2.61. The molecule has 0 aromatic heterocycles. The number of hydrogen-bond donors (Lipinski definition) is 6. The normalized spacial score (nSPS) is 28.9. The number of piperazine rings is 4. The van der Waals surface area contributed by atoms with E-state index in [2.05, 4.69) is 208 Å². The average Bonchev–Trinajstić information content (AvgIpc) is 0.765. The Morgan fingerprint density at radius 2 is 0.452 bits per heavy atom. The zero-order valence-electron chi connectivity index (χ0n) is 86.7. The fourth-order valence-corrected chi connectivity index (χ4v) is 31.4. The monoisotopic (exact) mass is 1970 g/mol. The number of phenols is 2. The Balaban J connectivity index is 0.000000114. The van der Waals surface area contributed by atoms with Gasteiger partial charge >= 0.3 is 0 Å². The molecule has 772 valence electrons. The predicted molar refractivity (Wildman–Crippen MR) is 582 cm³/mol. The van der Waals surface area contributed by atoms with Gasteiger partial charge in [0.2, 0.25) is 0 Å². The molecular formula is C126H160N12O8. The lowest BCUT2D eigenvalue weighted by Gasteiger charge is -2.66. The van der Waals surface area contributed by atoms with Gasteiger partial charge in [0.15, 0.2) is 0 Å². The lowest BCUT2D eigenvalue weighted by molar-refractivity contribution is -0.151. The third kappa shape index (κ3) is 21.1. The fraction of sp³-hybridized carbons (Fsp3) is 0.524. The number of benzene rings is 8. The van der Waals surface area contributed by atoms with Gasteiger partial charge in [-0.3, -0.25) is 58.4 Å². The van der Waals surface area contributed by atoms with Gasteiger partial charge in [0.05, 0.1) is 38.4 Å². The van der Waals surface area contributed by atoms with Crippen molar-refractivity contribution in [3.05, 3.63) is 312 Å². The van der Waals surface area contributed by atoms with Gasteiger partial charge in [0.25, 0.3) is 23.6 Å². The topological polar surface area (TPSA) is 201 Å². The second-order valence-corrected chi connectivity index (χ2v) is 45.5. The van der Waals surface area contributed by atoms with Crippen LogP contribution in [-0.4, -0.2) is 234 Å². The van der Waals surface area contributed by atoms with Gasteiger partial charge in [0.1, 0.15) is 23.0 Å². The molecule has 20 nitrogen and oxygen atoms in total. The molecular weight excluding hydrogens is 1810 g/mol. The van der Waals surface area contributed by atoms with E-state index in [1.165, 1.54) is 213 Å². The van der Waals surface area contributed by atoms with Crippen LogP contribution in [0.25, 0.3) is 0 Å². The largest absolute Gasteiger partial charge is 0.508 e. The third-order valence-corrected chi connectivity index (χ3v) is 37.5. The van der Waals surface area contributed by atoms with Crippen molar-refractivity contribution in [1.29, 1.82) is 0 Å². The number of ether oxygens (including phenoxy) is 2. The van der Waals surface area contributed by atoms with Crippen LogP contribution in [0.15, 0.2) is 245 Å². The van der Waals surface area contributed by atoms with Gasteiger partial charge in [-0.25, -0.2) is 0 Å². The molecule has 20 heterocycles. The quantitative estimate of drug-likeness (QED) is 0.0183. The van der Waals surface area contributed by atoms with E-state index in [9.17, 15) is 29.4 Å². The molecule has 6 N–H and O–H groups in total. The van der Waals surface area contributed by atoms with Crippen molar-refractivity contribution in [3.8, 4) is 23.0 Å². The SMILES string of the molecule is C=CCN1C2CCC3C1CCC2N3C(c1ccc(C(=O)NC2CCCC2)cc1)c1cccc(O)c1.C=CCN1C2CCC3C1CCC2N3C(c1ccc(C(=O)NC2CCCCC2)cc1)c1cccc(O)c1.C=CCN1C2CCC3C1CCC2N3C(c1ccc(C(=O)NC2CCCCC2)cc1)c1cccc(OC)c1.C=CCN1C2CCC3C1CCC2N3C(c1ccc(C(=O)NC2CCCCCC2)cc1)c1cccc(OC)c1. The first-order chi connectivity index (χ1) is 71.6. The lowest BCUT2D eigenvalue weighted by Crippen LogP contribution is -2.75. The molecule has 8 aromatic carbocycles. The Morgan fingerprint density at radius 1 is 0.260 bits per heavy atom. The van der Waals surface area contributed by atoms with Crippen molar-refractivity contribution < 1.29 is 38.9 Å². The molecule has 20 unspecified atom stereocenters. The number of methoxy groups -OCH3 is 2. The van der Waals surface area contributed by atoms with Crippen molar-refractivity contribution in [2.75, 3.05) is 40.4 Å². The maximum atomic E-state index is 13.1. The number of rotatable bonds is 30. The van der Waals surface area contributed by atoms with E-state index in [4.69, 9.17) is 9.47 Å². The Bertz CT molecular complexity index is 5730. The Morgan fingerprint density at radius 3 is 0.658 bits per heavy atom. The number of phenolic OH excluding ortho intramolecular Hbond substituents is 2. The summed E-state index contributed by atoms with van der Waals surface area (Å²) in [6.45, 7) is 20.1. The summed E-state index contributed by atoms with van der Waals surface area (Å²) in [4.78, 5) is 73.9. The first kappa shape index (κ1) is 101. The van der Waals surface area contributed by atoms with Crippen LogP contribution < -0.4 is 30.7 Å². The zero-order chi connectivity index (χ0) is 100. The van der Waals surface area contributed by atoms with Gasteiger partial charge in [-0.05, 0) is 296 Å². The van der Waals surface area contributed by atoms with E-state index in [1.54, 1.807) is 26.4 Å². The van der Waals surface area contributed by atoms with Crippen LogP contribution in [0.2, 0.25) is 0 Å². The highest BCUT2D eigenvalue weighted by molar-refractivity contribution is 5.96. The Labute approximate surface area is 868 Å². The van der Waals surface area contributed by atoms with E-state index in [-0.39, 0.29) is 47.8 Å². The van der Waals surface area contributed by atoms with Gasteiger partial charge < -0.3 is 41.0 Å². The molecule has 4 amide bonds. The molecule has 24 fully saturated rings. The van der Waals surface area contributed by atoms with Gasteiger partial charge in [-0.15, -0.1) is 26.3 Å². The van der Waals surface area contributed by atoms with Crippen LogP contribution in [0.1, 0.15) is 341 Å². The number of aromatic hydroxyl groups is 2. The van der Waals surface area contributed by atoms with Crippen molar-refractivity contribution in [1.82, 2.24) is 60.5 Å². The lowest BCUT2D eigenvalue weighted by atomic mass is 9.69. The van der Waals surface area contributed by atoms with Crippen LogP contribution >= 0.6 is 0 Å². The predicted octanol–water partition coefficient (Wildman–Crippen LogP) is 22.2. The fourth-order valence-electron chi connectivity index (χ4n) is 31.4. The molecule has 20 saturated heterocycles. The Kier molecular flexibility index (Phi) is 32.1. The summed E-state index contributed by atoms with van der Waals surface area (Å²) in [5, 5.41) is 33.8.